The monoisotopic (exact) mass is 276 g/mol. The summed E-state index contributed by atoms with van der Waals surface area (Å²) in [4.78, 5) is 13.6. The first kappa shape index (κ1) is 14.7. The number of hydrogen-bond donors (Lipinski definition) is 1. The maximum Gasteiger partial charge on any atom is 0.223 e. The van der Waals surface area contributed by atoms with Crippen LogP contribution in [0.1, 0.15) is 24.8 Å². The predicted molar refractivity (Wildman–Crippen MR) is 77.7 cm³/mol. The molecule has 0 aliphatic carbocycles. The van der Waals surface area contributed by atoms with Gasteiger partial charge in [0, 0.05) is 25.6 Å². The zero-order valence-electron chi connectivity index (χ0n) is 11.6. The second-order valence-electron chi connectivity index (χ2n) is 5.12. The van der Waals surface area contributed by atoms with E-state index in [0.29, 0.717) is 25.6 Å². The second kappa shape index (κ2) is 7.20. The lowest BCUT2D eigenvalue weighted by Gasteiger charge is -2.23. The molecule has 1 amide bonds. The van der Waals surface area contributed by atoms with E-state index in [-0.39, 0.29) is 11.7 Å². The van der Waals surface area contributed by atoms with E-state index in [1.54, 1.807) is 12.1 Å². The Hall–Kier alpha value is -1.68. The molecule has 0 spiro atoms. The largest absolute Gasteiger partial charge is 0.336 e. The summed E-state index contributed by atoms with van der Waals surface area (Å²) in [5.41, 5.74) is 0.940. The van der Waals surface area contributed by atoms with Gasteiger partial charge in [0.15, 0.2) is 0 Å². The van der Waals surface area contributed by atoms with Gasteiger partial charge in [-0.3, -0.25) is 4.79 Å². The van der Waals surface area contributed by atoms with Crippen LogP contribution in [0.2, 0.25) is 0 Å². The fraction of sp³-hybridized carbons (Fsp3) is 0.438. The van der Waals surface area contributed by atoms with E-state index in [1.807, 2.05) is 11.0 Å². The number of amides is 1. The van der Waals surface area contributed by atoms with Crippen molar-refractivity contribution in [1.29, 1.82) is 0 Å². The van der Waals surface area contributed by atoms with Gasteiger partial charge in [0.2, 0.25) is 5.91 Å². The van der Waals surface area contributed by atoms with Gasteiger partial charge >= 0.3 is 0 Å². The topological polar surface area (TPSA) is 32.3 Å². The number of nitrogens with one attached hydrogen (secondary N) is 1. The number of rotatable bonds is 7. The number of carbonyl (C=O) groups excluding carboxylic acids is 1. The molecule has 1 aromatic rings. The van der Waals surface area contributed by atoms with Gasteiger partial charge in [-0.15, -0.1) is 6.58 Å². The number of nitrogens with zero attached hydrogens (tertiary/aromatic N) is 1. The van der Waals surface area contributed by atoms with Crippen molar-refractivity contribution in [3.63, 3.8) is 0 Å². The molecule has 1 saturated heterocycles. The molecule has 0 unspecified atom stereocenters. The fourth-order valence-corrected chi connectivity index (χ4v) is 2.63. The summed E-state index contributed by atoms with van der Waals surface area (Å²) in [6.45, 7) is 5.80. The molecular weight excluding hydrogens is 255 g/mol. The number of benzene rings is 1. The summed E-state index contributed by atoms with van der Waals surface area (Å²) in [5, 5.41) is 3.30. The molecule has 1 atom stereocenters. The first-order valence-corrected chi connectivity index (χ1v) is 7.06. The Morgan fingerprint density at radius 1 is 1.50 bits per heavy atom. The van der Waals surface area contributed by atoms with Crippen molar-refractivity contribution in [2.75, 3.05) is 13.1 Å². The van der Waals surface area contributed by atoms with Crippen molar-refractivity contribution in [3.05, 3.63) is 48.3 Å². The van der Waals surface area contributed by atoms with Crippen LogP contribution in [0.3, 0.4) is 0 Å². The molecule has 1 heterocycles. The minimum atomic E-state index is -0.206. The van der Waals surface area contributed by atoms with Crippen molar-refractivity contribution < 1.29 is 9.18 Å². The molecule has 0 bridgehead atoms. The Morgan fingerprint density at radius 2 is 2.35 bits per heavy atom. The molecule has 2 rings (SSSR count). The fourth-order valence-electron chi connectivity index (χ4n) is 2.63. The quantitative estimate of drug-likeness (QED) is 0.613. The van der Waals surface area contributed by atoms with Crippen molar-refractivity contribution in [2.24, 2.45) is 0 Å². The summed E-state index contributed by atoms with van der Waals surface area (Å²) in [7, 11) is 0. The molecular formula is C16H21FN2O. The summed E-state index contributed by atoms with van der Waals surface area (Å²) in [6.07, 6.45) is 4.27. The van der Waals surface area contributed by atoms with Gasteiger partial charge in [0.25, 0.3) is 0 Å². The molecule has 3 nitrogen and oxygen atoms in total. The van der Waals surface area contributed by atoms with Crippen LogP contribution in [0, 0.1) is 5.82 Å². The lowest BCUT2D eigenvalue weighted by molar-refractivity contribution is -0.128. The first-order valence-electron chi connectivity index (χ1n) is 7.06. The minimum absolute atomic E-state index is 0.206. The number of likely N-dealkylation sites (tertiary alicyclic amines) is 1. The molecule has 1 fully saturated rings. The maximum absolute atomic E-state index is 13.0. The highest BCUT2D eigenvalue weighted by molar-refractivity contribution is 5.78. The Morgan fingerprint density at radius 3 is 3.10 bits per heavy atom. The predicted octanol–water partition coefficient (Wildman–Crippen LogP) is 2.48. The second-order valence-corrected chi connectivity index (χ2v) is 5.12. The van der Waals surface area contributed by atoms with E-state index >= 15 is 0 Å². The minimum Gasteiger partial charge on any atom is -0.336 e. The van der Waals surface area contributed by atoms with E-state index in [4.69, 9.17) is 0 Å². The molecule has 0 aromatic heterocycles. The van der Waals surface area contributed by atoms with E-state index in [0.717, 1.165) is 24.9 Å². The Balaban J connectivity index is 1.73. The van der Waals surface area contributed by atoms with Gasteiger partial charge < -0.3 is 10.2 Å². The third-order valence-corrected chi connectivity index (χ3v) is 3.65. The van der Waals surface area contributed by atoms with Crippen molar-refractivity contribution in [1.82, 2.24) is 10.2 Å². The van der Waals surface area contributed by atoms with Crippen LogP contribution >= 0.6 is 0 Å². The Labute approximate surface area is 119 Å². The molecule has 20 heavy (non-hydrogen) atoms. The maximum atomic E-state index is 13.0. The van der Waals surface area contributed by atoms with Crippen molar-refractivity contribution in [3.8, 4) is 0 Å². The normalized spacial score (nSPS) is 18.6. The van der Waals surface area contributed by atoms with Gasteiger partial charge in [-0.2, -0.15) is 0 Å². The van der Waals surface area contributed by atoms with Crippen LogP contribution in [-0.2, 0) is 11.3 Å². The van der Waals surface area contributed by atoms with E-state index in [9.17, 15) is 9.18 Å². The summed E-state index contributed by atoms with van der Waals surface area (Å²) < 4.78 is 13.0. The molecule has 108 valence electrons. The number of hydrogen-bond acceptors (Lipinski definition) is 2. The van der Waals surface area contributed by atoms with Crippen LogP contribution in [0.4, 0.5) is 4.39 Å². The van der Waals surface area contributed by atoms with Crippen LogP contribution < -0.4 is 5.32 Å². The SMILES string of the molecule is C=CCN1C(=O)CC[C@H]1CCNCc1cccc(F)c1. The Kier molecular flexibility index (Phi) is 5.30. The van der Waals surface area contributed by atoms with E-state index in [2.05, 4.69) is 11.9 Å². The lowest BCUT2D eigenvalue weighted by Crippen LogP contribution is -2.35. The highest BCUT2D eigenvalue weighted by Gasteiger charge is 2.29. The van der Waals surface area contributed by atoms with Gasteiger partial charge in [-0.05, 0) is 37.1 Å². The number of carbonyl (C=O) groups is 1. The van der Waals surface area contributed by atoms with Crippen molar-refractivity contribution in [2.45, 2.75) is 31.8 Å². The Bertz CT molecular complexity index is 475. The third-order valence-electron chi connectivity index (χ3n) is 3.65. The van der Waals surface area contributed by atoms with Gasteiger partial charge in [-0.25, -0.2) is 4.39 Å². The highest BCUT2D eigenvalue weighted by Crippen LogP contribution is 2.20. The van der Waals surface area contributed by atoms with Crippen LogP contribution in [-0.4, -0.2) is 29.9 Å². The van der Waals surface area contributed by atoms with Crippen LogP contribution in [0.5, 0.6) is 0 Å². The molecule has 1 aromatic carbocycles. The van der Waals surface area contributed by atoms with E-state index < -0.39 is 0 Å². The van der Waals surface area contributed by atoms with Gasteiger partial charge in [0.05, 0.1) is 0 Å². The summed E-state index contributed by atoms with van der Waals surface area (Å²) in [6, 6.07) is 6.91. The third kappa shape index (κ3) is 3.90. The number of halogens is 1. The zero-order chi connectivity index (χ0) is 14.4. The average molecular weight is 276 g/mol. The highest BCUT2D eigenvalue weighted by atomic mass is 19.1. The smallest absolute Gasteiger partial charge is 0.223 e. The van der Waals surface area contributed by atoms with Crippen LogP contribution in [0.25, 0.3) is 0 Å². The summed E-state index contributed by atoms with van der Waals surface area (Å²) >= 11 is 0. The molecule has 1 aliphatic heterocycles. The van der Waals surface area contributed by atoms with E-state index in [1.165, 1.54) is 12.1 Å². The average Bonchev–Trinajstić information content (AvgIpc) is 2.77. The van der Waals surface area contributed by atoms with Crippen LogP contribution in [0.15, 0.2) is 36.9 Å². The molecule has 0 saturated carbocycles. The summed E-state index contributed by atoms with van der Waals surface area (Å²) in [5.74, 6) is 0.0166. The lowest BCUT2D eigenvalue weighted by atomic mass is 10.1. The van der Waals surface area contributed by atoms with Crippen molar-refractivity contribution >= 4 is 5.91 Å². The zero-order valence-corrected chi connectivity index (χ0v) is 11.6. The molecule has 0 radical (unpaired) electrons. The molecule has 1 aliphatic rings. The first-order chi connectivity index (χ1) is 9.70. The standard InChI is InChI=1S/C16H21FN2O/c1-2-10-19-15(6-7-16(19)20)8-9-18-12-13-4-3-5-14(17)11-13/h2-5,11,15,18H,1,6-10,12H2/t15-/m0/s1. The molecule has 4 heteroatoms. The van der Waals surface area contributed by atoms with Gasteiger partial charge in [-0.1, -0.05) is 18.2 Å². The molecule has 1 N–H and O–H groups in total. The van der Waals surface area contributed by atoms with Gasteiger partial charge in [0.1, 0.15) is 5.82 Å².